The molecule has 0 aromatic heterocycles. The van der Waals surface area contributed by atoms with Crippen LogP contribution < -0.4 is 5.73 Å². The molecule has 20 heavy (non-hydrogen) atoms. The fraction of sp³-hybridized carbons (Fsp3) is 0.462. The molecule has 1 heterocycles. The number of ether oxygens (including phenoxy) is 1. The molecule has 0 radical (unpaired) electrons. The molecule has 1 atom stereocenters. The van der Waals surface area contributed by atoms with E-state index in [4.69, 9.17) is 10.5 Å². The Balaban J connectivity index is 2.31. The minimum Gasteiger partial charge on any atom is -0.399 e. The topological polar surface area (TPSA) is 55.6 Å². The van der Waals surface area contributed by atoms with Crippen molar-refractivity contribution in [3.63, 3.8) is 0 Å². The molecule has 0 aliphatic carbocycles. The summed E-state index contributed by atoms with van der Waals surface area (Å²) in [5.74, 6) is -0.642. The SMILES string of the molecule is CO[C@@H]1CCN(C(=O)c2ccc(N)cc2C(F)(F)F)C1. The highest BCUT2D eigenvalue weighted by molar-refractivity contribution is 5.96. The molecule has 0 bridgehead atoms. The van der Waals surface area contributed by atoms with Gasteiger partial charge in [0.15, 0.2) is 0 Å². The lowest BCUT2D eigenvalue weighted by molar-refractivity contribution is -0.138. The first kappa shape index (κ1) is 14.6. The number of carbonyl (C=O) groups is 1. The van der Waals surface area contributed by atoms with Crippen molar-refractivity contribution in [2.45, 2.75) is 18.7 Å². The second kappa shape index (κ2) is 5.32. The Hall–Kier alpha value is -1.76. The summed E-state index contributed by atoms with van der Waals surface area (Å²) in [5, 5.41) is 0. The number of halogens is 3. The second-order valence-corrected chi connectivity index (χ2v) is 4.70. The smallest absolute Gasteiger partial charge is 0.399 e. The van der Waals surface area contributed by atoms with Crippen LogP contribution >= 0.6 is 0 Å². The lowest BCUT2D eigenvalue weighted by Gasteiger charge is -2.19. The molecule has 0 saturated carbocycles. The molecule has 4 nitrogen and oxygen atoms in total. The van der Waals surface area contributed by atoms with E-state index < -0.39 is 17.6 Å². The van der Waals surface area contributed by atoms with Gasteiger partial charge in [0.25, 0.3) is 5.91 Å². The number of methoxy groups -OCH3 is 1. The molecule has 7 heteroatoms. The van der Waals surface area contributed by atoms with Crippen LogP contribution in [0.3, 0.4) is 0 Å². The van der Waals surface area contributed by atoms with Crippen LogP contribution in [-0.2, 0) is 10.9 Å². The Morgan fingerprint density at radius 1 is 1.45 bits per heavy atom. The molecule has 1 aromatic carbocycles. The van der Waals surface area contributed by atoms with E-state index >= 15 is 0 Å². The number of likely N-dealkylation sites (tertiary alicyclic amines) is 1. The zero-order valence-electron chi connectivity index (χ0n) is 10.9. The van der Waals surface area contributed by atoms with E-state index in [1.54, 1.807) is 0 Å². The molecule has 1 fully saturated rings. The third-order valence-corrected chi connectivity index (χ3v) is 3.34. The molecule has 110 valence electrons. The van der Waals surface area contributed by atoms with E-state index in [9.17, 15) is 18.0 Å². The Morgan fingerprint density at radius 3 is 2.70 bits per heavy atom. The predicted molar refractivity (Wildman–Crippen MR) is 67.2 cm³/mol. The fourth-order valence-electron chi connectivity index (χ4n) is 2.26. The quantitative estimate of drug-likeness (QED) is 0.848. The molecule has 2 N–H and O–H groups in total. The second-order valence-electron chi connectivity index (χ2n) is 4.70. The fourth-order valence-corrected chi connectivity index (χ4v) is 2.26. The van der Waals surface area contributed by atoms with Gasteiger partial charge >= 0.3 is 6.18 Å². The maximum atomic E-state index is 13.0. The molecule has 1 aliphatic rings. The summed E-state index contributed by atoms with van der Waals surface area (Å²) in [4.78, 5) is 13.6. The van der Waals surface area contributed by atoms with Crippen molar-refractivity contribution < 1.29 is 22.7 Å². The van der Waals surface area contributed by atoms with E-state index in [1.165, 1.54) is 18.1 Å². The number of nitrogens with zero attached hydrogens (tertiary/aromatic N) is 1. The zero-order valence-corrected chi connectivity index (χ0v) is 10.9. The van der Waals surface area contributed by atoms with Crippen molar-refractivity contribution in [2.24, 2.45) is 0 Å². The molecule has 0 unspecified atom stereocenters. The van der Waals surface area contributed by atoms with Crippen LogP contribution in [0.4, 0.5) is 18.9 Å². The van der Waals surface area contributed by atoms with Gasteiger partial charge in [-0.15, -0.1) is 0 Å². The summed E-state index contributed by atoms with van der Waals surface area (Å²) >= 11 is 0. The van der Waals surface area contributed by atoms with Gasteiger partial charge in [-0.2, -0.15) is 13.2 Å². The van der Waals surface area contributed by atoms with E-state index in [0.717, 1.165) is 12.1 Å². The van der Waals surface area contributed by atoms with Crippen LogP contribution in [0.25, 0.3) is 0 Å². The monoisotopic (exact) mass is 288 g/mol. The Kier molecular flexibility index (Phi) is 3.89. The summed E-state index contributed by atoms with van der Waals surface area (Å²) in [6.07, 6.45) is -4.11. The molecular formula is C13H15F3N2O2. The zero-order chi connectivity index (χ0) is 14.9. The summed E-state index contributed by atoms with van der Waals surface area (Å²) in [6.45, 7) is 0.690. The summed E-state index contributed by atoms with van der Waals surface area (Å²) in [7, 11) is 1.52. The Morgan fingerprint density at radius 2 is 2.15 bits per heavy atom. The molecule has 2 rings (SSSR count). The first-order chi connectivity index (χ1) is 9.32. The van der Waals surface area contributed by atoms with Gasteiger partial charge in [-0.25, -0.2) is 0 Å². The van der Waals surface area contributed by atoms with Crippen molar-refractivity contribution in [3.05, 3.63) is 29.3 Å². The van der Waals surface area contributed by atoms with Gasteiger partial charge in [0.1, 0.15) is 0 Å². The number of rotatable bonds is 2. The maximum Gasteiger partial charge on any atom is 0.417 e. The van der Waals surface area contributed by atoms with Crippen LogP contribution in [0.15, 0.2) is 18.2 Å². The number of hydrogen-bond donors (Lipinski definition) is 1. The van der Waals surface area contributed by atoms with Gasteiger partial charge in [0, 0.05) is 25.9 Å². The van der Waals surface area contributed by atoms with E-state index in [1.807, 2.05) is 0 Å². The average Bonchev–Trinajstić information content (AvgIpc) is 2.85. The number of amides is 1. The molecule has 1 aliphatic heterocycles. The molecule has 0 spiro atoms. The number of benzene rings is 1. The van der Waals surface area contributed by atoms with Gasteiger partial charge < -0.3 is 15.4 Å². The highest BCUT2D eigenvalue weighted by Crippen LogP contribution is 2.34. The number of nitrogens with two attached hydrogens (primary N) is 1. The highest BCUT2D eigenvalue weighted by Gasteiger charge is 2.37. The first-order valence-electron chi connectivity index (χ1n) is 6.11. The van der Waals surface area contributed by atoms with Crippen LogP contribution in [0.1, 0.15) is 22.3 Å². The minimum absolute atomic E-state index is 0.0231. The van der Waals surface area contributed by atoms with Crippen molar-refractivity contribution in [3.8, 4) is 0 Å². The van der Waals surface area contributed by atoms with Crippen molar-refractivity contribution in [1.29, 1.82) is 0 Å². The van der Waals surface area contributed by atoms with Crippen LogP contribution in [0.2, 0.25) is 0 Å². The molecule has 1 saturated heterocycles. The van der Waals surface area contributed by atoms with Gasteiger partial charge in [0.05, 0.1) is 17.2 Å². The number of alkyl halides is 3. The third-order valence-electron chi connectivity index (χ3n) is 3.34. The molecule has 1 aromatic rings. The van der Waals surface area contributed by atoms with Crippen molar-refractivity contribution in [2.75, 3.05) is 25.9 Å². The normalized spacial score (nSPS) is 19.4. The van der Waals surface area contributed by atoms with Gasteiger partial charge in [-0.1, -0.05) is 0 Å². The Bertz CT molecular complexity index is 517. The van der Waals surface area contributed by atoms with Crippen molar-refractivity contribution in [1.82, 2.24) is 4.90 Å². The standard InChI is InChI=1S/C13H15F3N2O2/c1-20-9-4-5-18(7-9)12(19)10-3-2-8(17)6-11(10)13(14,15)16/h2-3,6,9H,4-5,7,17H2,1H3/t9-/m1/s1. The summed E-state index contributed by atoms with van der Waals surface area (Å²) in [5.41, 5.74) is 3.98. The number of anilines is 1. The predicted octanol–water partition coefficient (Wildman–Crippen LogP) is 2.15. The molecule has 1 amide bonds. The lowest BCUT2D eigenvalue weighted by atomic mass is 10.0. The van der Waals surface area contributed by atoms with E-state index in [0.29, 0.717) is 19.5 Å². The largest absolute Gasteiger partial charge is 0.417 e. The minimum atomic E-state index is -4.61. The lowest BCUT2D eigenvalue weighted by Crippen LogP contribution is -2.31. The van der Waals surface area contributed by atoms with Gasteiger partial charge in [0.2, 0.25) is 0 Å². The van der Waals surface area contributed by atoms with Crippen LogP contribution in [0.5, 0.6) is 0 Å². The third kappa shape index (κ3) is 2.87. The average molecular weight is 288 g/mol. The number of hydrogen-bond acceptors (Lipinski definition) is 3. The summed E-state index contributed by atoms with van der Waals surface area (Å²) < 4.78 is 44.0. The van der Waals surface area contributed by atoms with E-state index in [-0.39, 0.29) is 17.4 Å². The van der Waals surface area contributed by atoms with Crippen LogP contribution in [0, 0.1) is 0 Å². The first-order valence-corrected chi connectivity index (χ1v) is 6.11. The maximum absolute atomic E-state index is 13.0. The summed E-state index contributed by atoms with van der Waals surface area (Å²) in [6, 6.07) is 3.21. The highest BCUT2D eigenvalue weighted by atomic mass is 19.4. The van der Waals surface area contributed by atoms with Crippen LogP contribution in [-0.4, -0.2) is 37.1 Å². The van der Waals surface area contributed by atoms with Gasteiger partial charge in [-0.05, 0) is 24.6 Å². The Labute approximate surface area is 114 Å². The van der Waals surface area contributed by atoms with E-state index in [2.05, 4.69) is 0 Å². The number of nitrogen functional groups attached to an aromatic ring is 1. The van der Waals surface area contributed by atoms with Gasteiger partial charge in [-0.3, -0.25) is 4.79 Å². The number of carbonyl (C=O) groups excluding carboxylic acids is 1. The molecular weight excluding hydrogens is 273 g/mol. The van der Waals surface area contributed by atoms with Crippen molar-refractivity contribution >= 4 is 11.6 Å².